The van der Waals surface area contributed by atoms with Crippen molar-refractivity contribution in [3.63, 3.8) is 0 Å². The number of hydrazine groups is 1. The molecule has 0 aromatic heterocycles. The predicted octanol–water partition coefficient (Wildman–Crippen LogP) is 2.88. The van der Waals surface area contributed by atoms with Gasteiger partial charge in [-0.25, -0.2) is 0 Å². The quantitative estimate of drug-likeness (QED) is 0.672. The Hall–Kier alpha value is -1.28. The molecule has 1 amide bonds. The first-order chi connectivity index (χ1) is 7.84. The fourth-order valence-electron chi connectivity index (χ4n) is 1.05. The Labute approximate surface area is 118 Å². The van der Waals surface area contributed by atoms with Gasteiger partial charge in [0, 0.05) is 22.9 Å². The molecular weight excluding hydrogens is 273 g/mol. The Kier molecular flexibility index (Phi) is 6.13. The van der Waals surface area contributed by atoms with Gasteiger partial charge in [-0.3, -0.25) is 10.2 Å². The van der Waals surface area contributed by atoms with Crippen molar-refractivity contribution in [2.75, 3.05) is 0 Å². The Morgan fingerprint density at radius 1 is 1.44 bits per heavy atom. The van der Waals surface area contributed by atoms with E-state index in [0.717, 1.165) is 0 Å². The average molecular weight is 288 g/mol. The second-order valence-electron chi connectivity index (χ2n) is 4.59. The zero-order valence-electron chi connectivity index (χ0n) is 10.4. The first-order valence-electron chi connectivity index (χ1n) is 5.12. The van der Waals surface area contributed by atoms with Gasteiger partial charge in [-0.15, -0.1) is 16.9 Å². The van der Waals surface area contributed by atoms with Crippen LogP contribution in [-0.4, -0.2) is 16.0 Å². The third kappa shape index (κ3) is 4.53. The summed E-state index contributed by atoms with van der Waals surface area (Å²) in [5.74, 6) is -0.341. The fourth-order valence-corrected chi connectivity index (χ4v) is 1.13. The molecule has 0 atom stereocenters. The molecule has 0 heterocycles. The minimum absolute atomic E-state index is 0. The number of nitriles is 1. The minimum Gasteiger partial charge on any atom is -0.270 e. The zero-order valence-corrected chi connectivity index (χ0v) is 12.0. The van der Waals surface area contributed by atoms with Gasteiger partial charge in [0.15, 0.2) is 0 Å². The van der Waals surface area contributed by atoms with Gasteiger partial charge in [-0.2, -0.15) is 5.26 Å². The van der Waals surface area contributed by atoms with Crippen LogP contribution in [0.2, 0.25) is 0 Å². The van der Waals surface area contributed by atoms with E-state index in [-0.39, 0.29) is 23.9 Å². The van der Waals surface area contributed by atoms with Crippen LogP contribution in [0.5, 0.6) is 0 Å². The Balaban J connectivity index is 0.00000289. The van der Waals surface area contributed by atoms with Crippen molar-refractivity contribution in [3.8, 4) is 6.07 Å². The number of hydrogen-bond acceptors (Lipinski definition) is 3. The first-order valence-corrected chi connectivity index (χ1v) is 5.45. The summed E-state index contributed by atoms with van der Waals surface area (Å²) in [4.78, 5) is 11.8. The van der Waals surface area contributed by atoms with E-state index in [1.165, 1.54) is 10.6 Å². The topological polar surface area (TPSA) is 56.1 Å². The summed E-state index contributed by atoms with van der Waals surface area (Å²) in [5, 5.41) is 8.74. The summed E-state index contributed by atoms with van der Waals surface area (Å²) in [7, 11) is 0. The van der Waals surface area contributed by atoms with E-state index in [1.807, 2.05) is 26.8 Å². The van der Waals surface area contributed by atoms with Crippen molar-refractivity contribution in [1.82, 2.24) is 9.95 Å². The molecule has 18 heavy (non-hydrogen) atoms. The molecule has 0 spiro atoms. The van der Waals surface area contributed by atoms with Gasteiger partial charge in [0.1, 0.15) is 0 Å². The lowest BCUT2D eigenvalue weighted by atomic mass is 10.1. The number of nitrogens with one attached hydrogen (secondary N) is 1. The summed E-state index contributed by atoms with van der Waals surface area (Å²) in [6.07, 6.45) is 0. The summed E-state index contributed by atoms with van der Waals surface area (Å²) in [6.45, 7) is 5.60. The van der Waals surface area contributed by atoms with E-state index < -0.39 is 0 Å². The number of carbonyl (C=O) groups is 1. The van der Waals surface area contributed by atoms with Gasteiger partial charge in [0.25, 0.3) is 5.91 Å². The predicted molar refractivity (Wildman–Crippen MR) is 73.3 cm³/mol. The maximum absolute atomic E-state index is 11.8. The van der Waals surface area contributed by atoms with Crippen LogP contribution >= 0.6 is 24.2 Å². The maximum atomic E-state index is 11.8. The molecule has 6 heteroatoms. The number of nitrogens with zero attached hydrogens (tertiary/aromatic N) is 2. The molecular formula is C12H15Cl2N3O. The van der Waals surface area contributed by atoms with Crippen molar-refractivity contribution in [1.29, 1.82) is 5.26 Å². The molecule has 1 N–H and O–H groups in total. The Morgan fingerprint density at radius 3 is 2.56 bits per heavy atom. The van der Waals surface area contributed by atoms with Crippen LogP contribution in [0.4, 0.5) is 0 Å². The molecule has 0 aliphatic heterocycles. The number of benzene rings is 1. The van der Waals surface area contributed by atoms with E-state index >= 15 is 0 Å². The highest BCUT2D eigenvalue weighted by molar-refractivity contribution is 6.14. The molecule has 1 rings (SSSR count). The SMILES string of the molecule is CC(C)(C)N(Cl)NC(=O)c1cccc(C#N)c1.Cl. The number of rotatable bonds is 2. The Bertz CT molecular complexity index is 463. The summed E-state index contributed by atoms with van der Waals surface area (Å²) in [5.41, 5.74) is 2.99. The van der Waals surface area contributed by atoms with Gasteiger partial charge in [0.05, 0.1) is 11.6 Å². The molecule has 1 aromatic carbocycles. The molecule has 98 valence electrons. The van der Waals surface area contributed by atoms with Crippen LogP contribution in [0.15, 0.2) is 24.3 Å². The van der Waals surface area contributed by atoms with Crippen LogP contribution in [0.3, 0.4) is 0 Å². The lowest BCUT2D eigenvalue weighted by Gasteiger charge is -2.28. The molecule has 0 saturated heterocycles. The number of halogens is 2. The minimum atomic E-state index is -0.385. The molecule has 0 fully saturated rings. The van der Waals surface area contributed by atoms with Crippen LogP contribution in [0, 0.1) is 11.3 Å². The van der Waals surface area contributed by atoms with E-state index in [4.69, 9.17) is 17.0 Å². The maximum Gasteiger partial charge on any atom is 0.266 e. The second kappa shape index (κ2) is 6.60. The Morgan fingerprint density at radius 2 is 2.06 bits per heavy atom. The van der Waals surface area contributed by atoms with Crippen molar-refractivity contribution in [3.05, 3.63) is 35.4 Å². The molecule has 0 unspecified atom stereocenters. The van der Waals surface area contributed by atoms with E-state index in [0.29, 0.717) is 11.1 Å². The molecule has 0 aliphatic carbocycles. The van der Waals surface area contributed by atoms with Gasteiger partial charge in [0.2, 0.25) is 0 Å². The molecule has 0 bridgehead atoms. The molecule has 1 aromatic rings. The van der Waals surface area contributed by atoms with E-state index in [2.05, 4.69) is 5.43 Å². The standard InChI is InChI=1S/C12H14ClN3O.ClH/c1-12(2,3)16(13)15-11(17)10-6-4-5-9(7-10)8-14;/h4-7H,1-3H3,(H,15,17);1H. The lowest BCUT2D eigenvalue weighted by Crippen LogP contribution is -2.46. The van der Waals surface area contributed by atoms with Crippen molar-refractivity contribution in [2.45, 2.75) is 26.3 Å². The average Bonchev–Trinajstić information content (AvgIpc) is 2.27. The van der Waals surface area contributed by atoms with Crippen LogP contribution < -0.4 is 5.43 Å². The van der Waals surface area contributed by atoms with E-state index in [1.54, 1.807) is 18.2 Å². The van der Waals surface area contributed by atoms with E-state index in [9.17, 15) is 4.79 Å². The van der Waals surface area contributed by atoms with Gasteiger partial charge in [-0.05, 0) is 39.0 Å². The normalized spacial score (nSPS) is 10.4. The van der Waals surface area contributed by atoms with Gasteiger partial charge < -0.3 is 0 Å². The summed E-state index contributed by atoms with van der Waals surface area (Å²) in [6, 6.07) is 8.42. The lowest BCUT2D eigenvalue weighted by molar-refractivity contribution is 0.0806. The molecule has 0 radical (unpaired) electrons. The van der Waals surface area contributed by atoms with Crippen LogP contribution in [-0.2, 0) is 0 Å². The molecule has 4 nitrogen and oxygen atoms in total. The highest BCUT2D eigenvalue weighted by atomic mass is 35.5. The first kappa shape index (κ1) is 16.7. The van der Waals surface area contributed by atoms with Crippen LogP contribution in [0.25, 0.3) is 0 Å². The zero-order chi connectivity index (χ0) is 13.1. The third-order valence-corrected chi connectivity index (χ3v) is 2.63. The van der Waals surface area contributed by atoms with Gasteiger partial charge >= 0.3 is 0 Å². The second-order valence-corrected chi connectivity index (χ2v) is 4.92. The number of amides is 1. The molecule has 0 aliphatic rings. The van der Waals surface area contributed by atoms with Crippen molar-refractivity contribution in [2.24, 2.45) is 0 Å². The monoisotopic (exact) mass is 287 g/mol. The largest absolute Gasteiger partial charge is 0.270 e. The smallest absolute Gasteiger partial charge is 0.266 e. The van der Waals surface area contributed by atoms with Gasteiger partial charge in [-0.1, -0.05) is 6.07 Å². The summed E-state index contributed by atoms with van der Waals surface area (Å²) < 4.78 is 1.22. The van der Waals surface area contributed by atoms with Crippen molar-refractivity contribution >= 4 is 30.1 Å². The highest BCUT2D eigenvalue weighted by Gasteiger charge is 2.21. The summed E-state index contributed by atoms with van der Waals surface area (Å²) >= 11 is 5.91. The van der Waals surface area contributed by atoms with Crippen LogP contribution in [0.1, 0.15) is 36.7 Å². The third-order valence-electron chi connectivity index (χ3n) is 2.04. The van der Waals surface area contributed by atoms with Crippen molar-refractivity contribution < 1.29 is 4.79 Å². The molecule has 0 saturated carbocycles. The fraction of sp³-hybridized carbons (Fsp3) is 0.333. The number of hydrogen-bond donors (Lipinski definition) is 1. The highest BCUT2D eigenvalue weighted by Crippen LogP contribution is 2.13. The number of carbonyl (C=O) groups excluding carboxylic acids is 1.